The number of dihydropyridines is 1. The minimum Gasteiger partial charge on any atom is -0.386 e. The zero-order valence-corrected chi connectivity index (χ0v) is 8.10. The van der Waals surface area contributed by atoms with Crippen LogP contribution in [0.25, 0.3) is 5.57 Å². The average molecular weight is 201 g/mol. The standard InChI is InChI=1S/C11H11N3O/c12-11(15)10-4-9(6-14-7-10)8-2-1-3-13-5-8/h1-6,14H,7H2,(H2,12,15). The van der Waals surface area contributed by atoms with Crippen LogP contribution in [0.2, 0.25) is 0 Å². The second-order valence-corrected chi connectivity index (χ2v) is 3.26. The Bertz CT molecular complexity index is 434. The van der Waals surface area contributed by atoms with E-state index in [4.69, 9.17) is 5.73 Å². The molecule has 2 rings (SSSR count). The summed E-state index contributed by atoms with van der Waals surface area (Å²) >= 11 is 0. The highest BCUT2D eigenvalue weighted by Crippen LogP contribution is 2.17. The lowest BCUT2D eigenvalue weighted by molar-refractivity contribution is -0.114. The highest BCUT2D eigenvalue weighted by molar-refractivity contribution is 5.96. The predicted molar refractivity (Wildman–Crippen MR) is 57.5 cm³/mol. The Balaban J connectivity index is 2.32. The van der Waals surface area contributed by atoms with Gasteiger partial charge in [0.05, 0.1) is 0 Å². The molecule has 0 aliphatic carbocycles. The first-order chi connectivity index (χ1) is 7.27. The summed E-state index contributed by atoms with van der Waals surface area (Å²) in [6.45, 7) is 0.485. The van der Waals surface area contributed by atoms with E-state index in [1.54, 1.807) is 18.5 Å². The number of primary amides is 1. The van der Waals surface area contributed by atoms with Gasteiger partial charge in [-0.05, 0) is 17.7 Å². The van der Waals surface area contributed by atoms with E-state index in [-0.39, 0.29) is 0 Å². The van der Waals surface area contributed by atoms with Gasteiger partial charge in [0.1, 0.15) is 0 Å². The minimum atomic E-state index is -0.392. The van der Waals surface area contributed by atoms with E-state index < -0.39 is 5.91 Å². The lowest BCUT2D eigenvalue weighted by atomic mass is 10.0. The molecule has 0 unspecified atom stereocenters. The molecule has 1 aliphatic heterocycles. The summed E-state index contributed by atoms with van der Waals surface area (Å²) in [6, 6.07) is 3.78. The summed E-state index contributed by atoms with van der Waals surface area (Å²) in [6.07, 6.45) is 7.09. The van der Waals surface area contributed by atoms with E-state index in [2.05, 4.69) is 10.3 Å². The number of nitrogens with two attached hydrogens (primary N) is 1. The molecule has 0 atom stereocenters. The van der Waals surface area contributed by atoms with Crippen LogP contribution in [-0.4, -0.2) is 17.4 Å². The van der Waals surface area contributed by atoms with E-state index in [1.807, 2.05) is 18.3 Å². The van der Waals surface area contributed by atoms with Crippen molar-refractivity contribution in [2.75, 3.05) is 6.54 Å². The quantitative estimate of drug-likeness (QED) is 0.729. The van der Waals surface area contributed by atoms with E-state index >= 15 is 0 Å². The second kappa shape index (κ2) is 3.96. The number of rotatable bonds is 2. The Morgan fingerprint density at radius 2 is 2.40 bits per heavy atom. The van der Waals surface area contributed by atoms with Gasteiger partial charge in [0.25, 0.3) is 0 Å². The van der Waals surface area contributed by atoms with Crippen LogP contribution >= 0.6 is 0 Å². The number of carbonyl (C=O) groups is 1. The molecule has 0 radical (unpaired) electrons. The van der Waals surface area contributed by atoms with Crippen molar-refractivity contribution < 1.29 is 4.79 Å². The molecule has 0 bridgehead atoms. The first-order valence-corrected chi connectivity index (χ1v) is 4.62. The highest BCUT2D eigenvalue weighted by Gasteiger charge is 2.10. The van der Waals surface area contributed by atoms with Crippen molar-refractivity contribution in [1.82, 2.24) is 10.3 Å². The van der Waals surface area contributed by atoms with Crippen LogP contribution < -0.4 is 11.1 Å². The van der Waals surface area contributed by atoms with Crippen molar-refractivity contribution in [3.8, 4) is 0 Å². The topological polar surface area (TPSA) is 68.0 Å². The number of pyridine rings is 1. The summed E-state index contributed by atoms with van der Waals surface area (Å²) < 4.78 is 0. The van der Waals surface area contributed by atoms with E-state index in [0.29, 0.717) is 12.1 Å². The van der Waals surface area contributed by atoms with Crippen molar-refractivity contribution >= 4 is 11.5 Å². The molecule has 1 aromatic heterocycles. The smallest absolute Gasteiger partial charge is 0.246 e. The van der Waals surface area contributed by atoms with Gasteiger partial charge in [-0.3, -0.25) is 9.78 Å². The Morgan fingerprint density at radius 3 is 3.07 bits per heavy atom. The van der Waals surface area contributed by atoms with Gasteiger partial charge in [-0.1, -0.05) is 6.07 Å². The molecule has 0 fully saturated rings. The number of hydrogen-bond donors (Lipinski definition) is 2. The first kappa shape index (κ1) is 9.45. The summed E-state index contributed by atoms with van der Waals surface area (Å²) in [4.78, 5) is 15.0. The molecular formula is C11H11N3O. The Hall–Kier alpha value is -2.10. The Labute approximate surface area is 87.5 Å². The van der Waals surface area contributed by atoms with Crippen molar-refractivity contribution in [2.45, 2.75) is 0 Å². The fraction of sp³-hybridized carbons (Fsp3) is 0.0909. The lowest BCUT2D eigenvalue weighted by Gasteiger charge is -2.12. The molecule has 3 N–H and O–H groups in total. The number of allylic oxidation sites excluding steroid dienone is 2. The van der Waals surface area contributed by atoms with Crippen molar-refractivity contribution in [1.29, 1.82) is 0 Å². The second-order valence-electron chi connectivity index (χ2n) is 3.26. The largest absolute Gasteiger partial charge is 0.386 e. The molecule has 0 saturated heterocycles. The molecule has 1 amide bonds. The molecule has 0 aromatic carbocycles. The third-order valence-corrected chi connectivity index (χ3v) is 2.19. The Kier molecular flexibility index (Phi) is 2.49. The van der Waals surface area contributed by atoms with Crippen molar-refractivity contribution in [2.24, 2.45) is 5.73 Å². The van der Waals surface area contributed by atoms with Gasteiger partial charge in [0.15, 0.2) is 0 Å². The van der Waals surface area contributed by atoms with Crippen molar-refractivity contribution in [3.63, 3.8) is 0 Å². The zero-order valence-electron chi connectivity index (χ0n) is 8.10. The monoisotopic (exact) mass is 201 g/mol. The SMILES string of the molecule is NC(=O)C1=CC(c2cccnc2)=CNC1. The van der Waals surface area contributed by atoms with Crippen LogP contribution in [0.3, 0.4) is 0 Å². The van der Waals surface area contributed by atoms with E-state index in [9.17, 15) is 4.79 Å². The van der Waals surface area contributed by atoms with Crippen molar-refractivity contribution in [3.05, 3.63) is 47.9 Å². The van der Waals surface area contributed by atoms with Crippen LogP contribution in [-0.2, 0) is 4.79 Å². The third-order valence-electron chi connectivity index (χ3n) is 2.19. The maximum atomic E-state index is 11.0. The average Bonchev–Trinajstić information content (AvgIpc) is 2.30. The molecule has 1 aliphatic rings. The summed E-state index contributed by atoms with van der Waals surface area (Å²) in [7, 11) is 0. The number of nitrogens with zero attached hydrogens (tertiary/aromatic N) is 1. The van der Waals surface area contributed by atoms with Crippen LogP contribution in [0.1, 0.15) is 5.56 Å². The number of hydrogen-bond acceptors (Lipinski definition) is 3. The molecule has 1 aromatic rings. The summed E-state index contributed by atoms with van der Waals surface area (Å²) in [5, 5.41) is 3.01. The third kappa shape index (κ3) is 2.04. The molecule has 4 heteroatoms. The summed E-state index contributed by atoms with van der Waals surface area (Å²) in [5.74, 6) is -0.392. The predicted octanol–water partition coefficient (Wildman–Crippen LogP) is 0.437. The number of carbonyl (C=O) groups excluding carboxylic acids is 1. The van der Waals surface area contributed by atoms with E-state index in [0.717, 1.165) is 11.1 Å². The normalized spacial score (nSPS) is 14.9. The van der Waals surface area contributed by atoms with Gasteiger partial charge in [-0.25, -0.2) is 0 Å². The molecular weight excluding hydrogens is 190 g/mol. The lowest BCUT2D eigenvalue weighted by Crippen LogP contribution is -2.25. The van der Waals surface area contributed by atoms with Gasteiger partial charge < -0.3 is 11.1 Å². The van der Waals surface area contributed by atoms with Gasteiger partial charge in [-0.15, -0.1) is 0 Å². The van der Waals surface area contributed by atoms with Gasteiger partial charge in [-0.2, -0.15) is 0 Å². The van der Waals surface area contributed by atoms with Crippen LogP contribution in [0.4, 0.5) is 0 Å². The van der Waals surface area contributed by atoms with Crippen LogP contribution in [0, 0.1) is 0 Å². The first-order valence-electron chi connectivity index (χ1n) is 4.62. The fourth-order valence-electron chi connectivity index (χ4n) is 1.41. The molecule has 15 heavy (non-hydrogen) atoms. The number of aromatic nitrogens is 1. The molecule has 4 nitrogen and oxygen atoms in total. The zero-order chi connectivity index (χ0) is 10.7. The molecule has 2 heterocycles. The Morgan fingerprint density at radius 1 is 1.53 bits per heavy atom. The highest BCUT2D eigenvalue weighted by atomic mass is 16.1. The number of nitrogens with one attached hydrogen (secondary N) is 1. The van der Waals surface area contributed by atoms with Crippen LogP contribution in [0.5, 0.6) is 0 Å². The van der Waals surface area contributed by atoms with E-state index in [1.165, 1.54) is 0 Å². The number of amides is 1. The van der Waals surface area contributed by atoms with Gasteiger partial charge in [0.2, 0.25) is 5.91 Å². The molecule has 0 spiro atoms. The maximum Gasteiger partial charge on any atom is 0.246 e. The maximum absolute atomic E-state index is 11.0. The minimum absolute atomic E-state index is 0.392. The van der Waals surface area contributed by atoms with Gasteiger partial charge >= 0.3 is 0 Å². The molecule has 76 valence electrons. The molecule has 0 saturated carbocycles. The van der Waals surface area contributed by atoms with Gasteiger partial charge in [0, 0.05) is 36.3 Å². The summed E-state index contributed by atoms with van der Waals surface area (Å²) in [5.41, 5.74) is 7.68. The fourth-order valence-corrected chi connectivity index (χ4v) is 1.41. The van der Waals surface area contributed by atoms with Crippen LogP contribution in [0.15, 0.2) is 42.4 Å².